The van der Waals surface area contributed by atoms with Crippen molar-refractivity contribution in [2.75, 3.05) is 0 Å². The fourth-order valence-corrected chi connectivity index (χ4v) is 1.84. The highest BCUT2D eigenvalue weighted by atomic mass is 16.1. The maximum atomic E-state index is 11.9. The summed E-state index contributed by atoms with van der Waals surface area (Å²) in [6, 6.07) is 8.02. The van der Waals surface area contributed by atoms with Gasteiger partial charge in [-0.1, -0.05) is 38.1 Å². The molecule has 0 amide bonds. The smallest absolute Gasteiger partial charge is 0.274 e. The second-order valence-corrected chi connectivity index (χ2v) is 4.90. The summed E-state index contributed by atoms with van der Waals surface area (Å²) in [5.74, 6) is 0.491. The van der Waals surface area contributed by atoms with Crippen molar-refractivity contribution in [3.8, 4) is 11.3 Å². The maximum absolute atomic E-state index is 11.9. The molecule has 0 atom stereocenters. The molecule has 2 rings (SSSR count). The van der Waals surface area contributed by atoms with E-state index < -0.39 is 0 Å². The molecule has 94 valence electrons. The SMILES string of the molecule is Cc1nc(-c2ccc(C(C)C)cc2)c(=O)[nH]c1C. The van der Waals surface area contributed by atoms with Crippen LogP contribution < -0.4 is 5.56 Å². The number of aromatic nitrogens is 2. The minimum Gasteiger partial charge on any atom is -0.323 e. The van der Waals surface area contributed by atoms with Gasteiger partial charge in [0.2, 0.25) is 0 Å². The third-order valence-electron chi connectivity index (χ3n) is 3.19. The first kappa shape index (κ1) is 12.6. The average molecular weight is 242 g/mol. The molecule has 0 aliphatic heterocycles. The Morgan fingerprint density at radius 1 is 1.11 bits per heavy atom. The van der Waals surface area contributed by atoms with Gasteiger partial charge >= 0.3 is 0 Å². The molecular formula is C15H18N2O. The fourth-order valence-electron chi connectivity index (χ4n) is 1.84. The third kappa shape index (κ3) is 2.35. The fraction of sp³-hybridized carbons (Fsp3) is 0.333. The summed E-state index contributed by atoms with van der Waals surface area (Å²) in [7, 11) is 0. The molecule has 0 saturated carbocycles. The van der Waals surface area contributed by atoms with E-state index in [2.05, 4.69) is 35.9 Å². The van der Waals surface area contributed by atoms with Crippen LogP contribution >= 0.6 is 0 Å². The topological polar surface area (TPSA) is 45.8 Å². The molecule has 0 spiro atoms. The predicted octanol–water partition coefficient (Wildman–Crippen LogP) is 3.18. The minimum atomic E-state index is -0.129. The van der Waals surface area contributed by atoms with Gasteiger partial charge in [0, 0.05) is 11.3 Å². The molecule has 1 N–H and O–H groups in total. The third-order valence-corrected chi connectivity index (χ3v) is 3.19. The molecule has 0 aliphatic rings. The van der Waals surface area contributed by atoms with Crippen molar-refractivity contribution in [1.29, 1.82) is 0 Å². The largest absolute Gasteiger partial charge is 0.323 e. The number of rotatable bonds is 2. The van der Waals surface area contributed by atoms with Gasteiger partial charge in [-0.15, -0.1) is 0 Å². The number of benzene rings is 1. The highest BCUT2D eigenvalue weighted by molar-refractivity contribution is 5.58. The Kier molecular flexibility index (Phi) is 3.32. The van der Waals surface area contributed by atoms with E-state index in [9.17, 15) is 4.79 Å². The zero-order chi connectivity index (χ0) is 13.3. The molecule has 3 nitrogen and oxygen atoms in total. The average Bonchev–Trinajstić information content (AvgIpc) is 2.34. The molecule has 2 aromatic rings. The predicted molar refractivity (Wildman–Crippen MR) is 73.9 cm³/mol. The van der Waals surface area contributed by atoms with Crippen LogP contribution in [-0.4, -0.2) is 9.97 Å². The molecule has 0 bridgehead atoms. The Bertz CT molecular complexity index is 609. The van der Waals surface area contributed by atoms with Gasteiger partial charge in [0.05, 0.1) is 5.69 Å². The van der Waals surface area contributed by atoms with E-state index in [4.69, 9.17) is 0 Å². The zero-order valence-corrected chi connectivity index (χ0v) is 11.2. The van der Waals surface area contributed by atoms with Crippen molar-refractivity contribution < 1.29 is 0 Å². The first-order valence-electron chi connectivity index (χ1n) is 6.17. The van der Waals surface area contributed by atoms with E-state index in [0.717, 1.165) is 17.0 Å². The molecule has 0 fully saturated rings. The summed E-state index contributed by atoms with van der Waals surface area (Å²) in [6.45, 7) is 8.05. The van der Waals surface area contributed by atoms with Gasteiger partial charge in [0.15, 0.2) is 0 Å². The summed E-state index contributed by atoms with van der Waals surface area (Å²) >= 11 is 0. The Hall–Kier alpha value is -1.90. The molecule has 0 saturated heterocycles. The van der Waals surface area contributed by atoms with Crippen molar-refractivity contribution in [3.63, 3.8) is 0 Å². The lowest BCUT2D eigenvalue weighted by Crippen LogP contribution is -2.14. The van der Waals surface area contributed by atoms with Gasteiger partial charge in [-0.05, 0) is 25.3 Å². The number of nitrogens with one attached hydrogen (secondary N) is 1. The summed E-state index contributed by atoms with van der Waals surface area (Å²) < 4.78 is 0. The van der Waals surface area contributed by atoms with E-state index in [-0.39, 0.29) is 5.56 Å². The molecular weight excluding hydrogens is 224 g/mol. The van der Waals surface area contributed by atoms with E-state index >= 15 is 0 Å². The molecule has 1 aromatic heterocycles. The first-order chi connectivity index (χ1) is 8.49. The molecule has 1 aromatic carbocycles. The van der Waals surface area contributed by atoms with Crippen molar-refractivity contribution in [1.82, 2.24) is 9.97 Å². The minimum absolute atomic E-state index is 0.129. The second kappa shape index (κ2) is 4.77. The monoisotopic (exact) mass is 242 g/mol. The molecule has 0 radical (unpaired) electrons. The van der Waals surface area contributed by atoms with Crippen LogP contribution in [0.4, 0.5) is 0 Å². The van der Waals surface area contributed by atoms with E-state index in [1.807, 2.05) is 26.0 Å². The highest BCUT2D eigenvalue weighted by Crippen LogP contribution is 2.19. The van der Waals surface area contributed by atoms with Crippen LogP contribution in [0.15, 0.2) is 29.1 Å². The standard InChI is InChI=1S/C15H18N2O/c1-9(2)12-5-7-13(8-6-12)14-15(18)17-11(4)10(3)16-14/h5-9H,1-4H3,(H,17,18). The van der Waals surface area contributed by atoms with E-state index in [1.165, 1.54) is 5.56 Å². The summed E-state index contributed by atoms with van der Waals surface area (Å²) in [5, 5.41) is 0. The lowest BCUT2D eigenvalue weighted by atomic mass is 10.0. The van der Waals surface area contributed by atoms with Crippen molar-refractivity contribution in [2.24, 2.45) is 0 Å². The zero-order valence-electron chi connectivity index (χ0n) is 11.2. The van der Waals surface area contributed by atoms with Gasteiger partial charge < -0.3 is 4.98 Å². The van der Waals surface area contributed by atoms with Crippen LogP contribution in [0.2, 0.25) is 0 Å². The maximum Gasteiger partial charge on any atom is 0.274 e. The van der Waals surface area contributed by atoms with Gasteiger partial charge in [-0.3, -0.25) is 4.79 Å². The van der Waals surface area contributed by atoms with Gasteiger partial charge in [-0.25, -0.2) is 4.98 Å². The Morgan fingerprint density at radius 3 is 2.28 bits per heavy atom. The Labute approximate surface area is 107 Å². The van der Waals surface area contributed by atoms with Crippen LogP contribution in [-0.2, 0) is 0 Å². The summed E-state index contributed by atoms with van der Waals surface area (Å²) in [6.07, 6.45) is 0. The number of nitrogens with zero attached hydrogens (tertiary/aromatic N) is 1. The van der Waals surface area contributed by atoms with Crippen molar-refractivity contribution >= 4 is 0 Å². The Morgan fingerprint density at radius 2 is 1.72 bits per heavy atom. The number of aromatic amines is 1. The normalized spacial score (nSPS) is 10.9. The summed E-state index contributed by atoms with van der Waals surface area (Å²) in [5.41, 5.74) is 4.17. The number of hydrogen-bond donors (Lipinski definition) is 1. The van der Waals surface area contributed by atoms with E-state index in [1.54, 1.807) is 0 Å². The van der Waals surface area contributed by atoms with Crippen LogP contribution in [0, 0.1) is 13.8 Å². The quantitative estimate of drug-likeness (QED) is 0.879. The molecule has 1 heterocycles. The van der Waals surface area contributed by atoms with Gasteiger partial charge in [0.1, 0.15) is 5.69 Å². The van der Waals surface area contributed by atoms with Crippen LogP contribution in [0.1, 0.15) is 36.7 Å². The number of aryl methyl sites for hydroxylation is 2. The molecule has 18 heavy (non-hydrogen) atoms. The molecule has 3 heteroatoms. The number of hydrogen-bond acceptors (Lipinski definition) is 2. The van der Waals surface area contributed by atoms with Crippen LogP contribution in [0.5, 0.6) is 0 Å². The lowest BCUT2D eigenvalue weighted by molar-refractivity contribution is 0.867. The second-order valence-electron chi connectivity index (χ2n) is 4.90. The molecule has 0 unspecified atom stereocenters. The lowest BCUT2D eigenvalue weighted by Gasteiger charge is -2.07. The van der Waals surface area contributed by atoms with Gasteiger partial charge in [-0.2, -0.15) is 0 Å². The molecule has 0 aliphatic carbocycles. The highest BCUT2D eigenvalue weighted by Gasteiger charge is 2.08. The van der Waals surface area contributed by atoms with Crippen LogP contribution in [0.3, 0.4) is 0 Å². The van der Waals surface area contributed by atoms with Crippen molar-refractivity contribution in [2.45, 2.75) is 33.6 Å². The first-order valence-corrected chi connectivity index (χ1v) is 6.17. The number of H-pyrrole nitrogens is 1. The van der Waals surface area contributed by atoms with E-state index in [0.29, 0.717) is 11.6 Å². The Balaban J connectivity index is 2.49. The van der Waals surface area contributed by atoms with Gasteiger partial charge in [0.25, 0.3) is 5.56 Å². The summed E-state index contributed by atoms with van der Waals surface area (Å²) in [4.78, 5) is 19.1. The van der Waals surface area contributed by atoms with Crippen molar-refractivity contribution in [3.05, 3.63) is 51.6 Å². The van der Waals surface area contributed by atoms with Crippen LogP contribution in [0.25, 0.3) is 11.3 Å².